The number of carbonyl (C=O) groups excluding carboxylic acids is 2. The molecule has 12 atom stereocenters. The molecule has 3 N–H and O–H groups in total. The Kier molecular flexibility index (Phi) is 18.2. The van der Waals surface area contributed by atoms with Gasteiger partial charge in [0, 0.05) is 32.0 Å². The Morgan fingerprint density at radius 2 is 1.31 bits per heavy atom. The Morgan fingerprint density at radius 3 is 1.93 bits per heavy atom. The summed E-state index contributed by atoms with van der Waals surface area (Å²) in [5.74, 6) is 3.52. The van der Waals surface area contributed by atoms with Gasteiger partial charge in [-0.3, -0.25) is 9.59 Å². The minimum Gasteiger partial charge on any atom is -0.393 e. The first-order valence-corrected chi connectivity index (χ1v) is 23.9. The zero-order valence-electron chi connectivity index (χ0n) is 37.2. The van der Waals surface area contributed by atoms with Crippen molar-refractivity contribution in [2.75, 3.05) is 13.1 Å². The number of allylic oxidation sites excluding steroid dienone is 12. The molecular formula is C52H82N2O4. The lowest BCUT2D eigenvalue weighted by Crippen LogP contribution is -2.62. The maximum atomic E-state index is 13.2. The minimum atomic E-state index is -0.266. The lowest BCUT2D eigenvalue weighted by molar-refractivity contribution is -0.203. The molecule has 1 unspecified atom stereocenters. The van der Waals surface area contributed by atoms with Gasteiger partial charge in [0.2, 0.25) is 11.8 Å². The summed E-state index contributed by atoms with van der Waals surface area (Å²) in [6, 6.07) is 0.0478. The highest BCUT2D eigenvalue weighted by atomic mass is 16.3. The second kappa shape index (κ2) is 22.8. The average molecular weight is 799 g/mol. The molecule has 58 heavy (non-hydrogen) atoms. The maximum Gasteiger partial charge on any atom is 0.222 e. The van der Waals surface area contributed by atoms with E-state index in [0.717, 1.165) is 90.0 Å². The van der Waals surface area contributed by atoms with Crippen molar-refractivity contribution in [3.63, 3.8) is 0 Å². The Bertz CT molecular complexity index is 1480. The van der Waals surface area contributed by atoms with E-state index in [1.807, 2.05) is 4.90 Å². The van der Waals surface area contributed by atoms with Crippen molar-refractivity contribution in [3.8, 4) is 0 Å². The van der Waals surface area contributed by atoms with Crippen molar-refractivity contribution in [2.45, 2.75) is 175 Å². The van der Waals surface area contributed by atoms with Crippen LogP contribution in [0.2, 0.25) is 0 Å². The van der Waals surface area contributed by atoms with E-state index >= 15 is 0 Å². The van der Waals surface area contributed by atoms with E-state index < -0.39 is 0 Å². The van der Waals surface area contributed by atoms with Gasteiger partial charge in [0.05, 0.1) is 12.2 Å². The fourth-order valence-corrected chi connectivity index (χ4v) is 12.9. The number of hydrogen-bond acceptors (Lipinski definition) is 4. The van der Waals surface area contributed by atoms with E-state index in [2.05, 4.69) is 113 Å². The van der Waals surface area contributed by atoms with Gasteiger partial charge in [-0.25, -0.2) is 0 Å². The van der Waals surface area contributed by atoms with Crippen LogP contribution in [-0.2, 0) is 9.59 Å². The predicted molar refractivity (Wildman–Crippen MR) is 241 cm³/mol. The van der Waals surface area contributed by atoms with Crippen LogP contribution in [0.1, 0.15) is 157 Å². The molecule has 6 heteroatoms. The van der Waals surface area contributed by atoms with E-state index in [1.165, 1.54) is 25.7 Å². The summed E-state index contributed by atoms with van der Waals surface area (Å²) in [5.41, 5.74) is 0.438. The van der Waals surface area contributed by atoms with Crippen molar-refractivity contribution in [2.24, 2.45) is 52.3 Å². The Morgan fingerprint density at radius 1 is 0.724 bits per heavy atom. The summed E-state index contributed by atoms with van der Waals surface area (Å²) in [6.45, 7) is 13.2. The monoisotopic (exact) mass is 799 g/mol. The lowest BCUT2D eigenvalue weighted by Gasteiger charge is -2.64. The van der Waals surface area contributed by atoms with Gasteiger partial charge in [0.25, 0.3) is 0 Å². The van der Waals surface area contributed by atoms with Crippen molar-refractivity contribution in [3.05, 3.63) is 72.9 Å². The third-order valence-corrected chi connectivity index (χ3v) is 16.0. The molecule has 0 radical (unpaired) electrons. The Balaban J connectivity index is 0.951. The van der Waals surface area contributed by atoms with Gasteiger partial charge >= 0.3 is 0 Å². The molecule has 0 aromatic carbocycles. The van der Waals surface area contributed by atoms with Crippen LogP contribution in [-0.4, -0.2) is 58.3 Å². The van der Waals surface area contributed by atoms with E-state index in [0.29, 0.717) is 54.9 Å². The van der Waals surface area contributed by atoms with Gasteiger partial charge < -0.3 is 20.4 Å². The van der Waals surface area contributed by atoms with Crippen LogP contribution in [0.4, 0.5) is 0 Å². The molecule has 4 aliphatic carbocycles. The lowest BCUT2D eigenvalue weighted by atomic mass is 9.41. The summed E-state index contributed by atoms with van der Waals surface area (Å²) in [4.78, 5) is 28.1. The van der Waals surface area contributed by atoms with Gasteiger partial charge in [-0.05, 0) is 155 Å². The van der Waals surface area contributed by atoms with E-state index in [4.69, 9.17) is 0 Å². The summed E-state index contributed by atoms with van der Waals surface area (Å²) >= 11 is 0. The fourth-order valence-electron chi connectivity index (χ4n) is 12.9. The molecule has 2 amide bonds. The van der Waals surface area contributed by atoms with Crippen molar-refractivity contribution < 1.29 is 19.8 Å². The molecule has 4 saturated carbocycles. The van der Waals surface area contributed by atoms with Crippen LogP contribution in [0.3, 0.4) is 0 Å². The van der Waals surface area contributed by atoms with Crippen LogP contribution >= 0.6 is 0 Å². The number of likely N-dealkylation sites (tertiary alicyclic amines) is 1. The molecule has 1 heterocycles. The highest BCUT2D eigenvalue weighted by molar-refractivity contribution is 5.78. The molecule has 0 spiro atoms. The number of aliphatic hydroxyl groups is 2. The van der Waals surface area contributed by atoms with Crippen LogP contribution in [0.5, 0.6) is 0 Å². The first-order chi connectivity index (χ1) is 28.0. The quantitative estimate of drug-likeness (QED) is 0.107. The zero-order valence-corrected chi connectivity index (χ0v) is 37.2. The molecule has 1 saturated heterocycles. The highest BCUT2D eigenvalue weighted by Gasteiger charge is 2.64. The van der Waals surface area contributed by atoms with Crippen molar-refractivity contribution >= 4 is 11.8 Å². The number of nitrogens with zero attached hydrogens (tertiary/aromatic N) is 1. The molecule has 5 rings (SSSR count). The minimum absolute atomic E-state index is 0.0478. The van der Waals surface area contributed by atoms with Gasteiger partial charge in [-0.2, -0.15) is 0 Å². The summed E-state index contributed by atoms with van der Waals surface area (Å²) in [7, 11) is 0. The van der Waals surface area contributed by atoms with Gasteiger partial charge in [-0.15, -0.1) is 0 Å². The number of amides is 2. The van der Waals surface area contributed by atoms with Gasteiger partial charge in [0.15, 0.2) is 0 Å². The predicted octanol–water partition coefficient (Wildman–Crippen LogP) is 11.2. The number of carbonyl (C=O) groups is 2. The Labute approximate surface area is 353 Å². The fraction of sp³-hybridized carbons (Fsp3) is 0.731. The molecular weight excluding hydrogens is 717 g/mol. The number of hydrogen-bond donors (Lipinski definition) is 3. The first-order valence-electron chi connectivity index (χ1n) is 23.9. The second-order valence-electron chi connectivity index (χ2n) is 19.5. The van der Waals surface area contributed by atoms with E-state index in [-0.39, 0.29) is 46.8 Å². The molecule has 0 bridgehead atoms. The number of nitrogens with one attached hydrogen (secondary N) is 1. The molecule has 0 aromatic heterocycles. The maximum absolute atomic E-state index is 13.2. The van der Waals surface area contributed by atoms with Crippen molar-refractivity contribution in [1.29, 1.82) is 0 Å². The van der Waals surface area contributed by atoms with E-state index in [1.54, 1.807) is 0 Å². The number of aliphatic hydroxyl groups excluding tert-OH is 2. The summed E-state index contributed by atoms with van der Waals surface area (Å²) < 4.78 is 0. The SMILES string of the molecule is CC/C=C\C/C=C\C/C=C\C/C=C\C/C=C\C/C=C\CCC(=O)N1CC[C@@H](NC(=O)CC[C@@H](C)C2CC[C@H]3[C@@H]4[C@H](O)[C@H](CC)[C@@H]5C[C@H](O)CC[C@]5(C)[C@H]4CC[C@]23C)C1. The van der Waals surface area contributed by atoms with Crippen LogP contribution in [0.15, 0.2) is 72.9 Å². The van der Waals surface area contributed by atoms with Crippen LogP contribution in [0, 0.1) is 52.3 Å². The van der Waals surface area contributed by atoms with E-state index in [9.17, 15) is 19.8 Å². The second-order valence-corrected chi connectivity index (χ2v) is 19.5. The third-order valence-electron chi connectivity index (χ3n) is 16.0. The van der Waals surface area contributed by atoms with Crippen molar-refractivity contribution in [1.82, 2.24) is 10.2 Å². The third kappa shape index (κ3) is 11.8. The van der Waals surface area contributed by atoms with Crippen LogP contribution in [0.25, 0.3) is 0 Å². The molecule has 1 aliphatic heterocycles. The Hall–Kier alpha value is -2.70. The molecule has 324 valence electrons. The molecule has 5 fully saturated rings. The highest BCUT2D eigenvalue weighted by Crippen LogP contribution is 2.69. The van der Waals surface area contributed by atoms with Crippen LogP contribution < -0.4 is 5.32 Å². The first kappa shape index (κ1) is 46.4. The zero-order chi connectivity index (χ0) is 41.5. The topological polar surface area (TPSA) is 89.9 Å². The summed E-state index contributed by atoms with van der Waals surface area (Å²) in [6.07, 6.45) is 44.0. The number of rotatable bonds is 20. The van der Waals surface area contributed by atoms with Gasteiger partial charge in [-0.1, -0.05) is 114 Å². The average Bonchev–Trinajstić information content (AvgIpc) is 3.82. The van der Waals surface area contributed by atoms with Gasteiger partial charge in [0.1, 0.15) is 0 Å². The normalized spacial score (nSPS) is 35.8. The molecule has 5 aliphatic rings. The smallest absolute Gasteiger partial charge is 0.222 e. The standard InChI is InChI=1S/C52H82N2O4/c1-6-8-9-10-11-12-13-14-15-16-17-18-19-20-21-22-23-24-25-26-48(57)54-36-33-40(38-54)53-47(56)30-27-39(3)43-28-29-44-49-45(32-35-51(43,44)4)52(5)34-31-41(55)37-46(52)42(7-2)50(49)58/h8-9,11-12,14-15,17-18,20-21,23-24,39-46,49-50,55,58H,6-7,10,13,16,19,22,25-38H2,1-5H3,(H,53,56)/b9-8-,12-11-,15-14-,18-17-,21-20-,24-23-/t39-,40-,41-,42-,43?,44+,45+,46+,49+,50-,51-,52-/m1/s1. The molecule has 0 aromatic rings. The molecule has 6 nitrogen and oxygen atoms in total. The number of fused-ring (bicyclic) bond motifs is 5. The largest absolute Gasteiger partial charge is 0.393 e. The summed E-state index contributed by atoms with van der Waals surface area (Å²) in [5, 5.41) is 25.9.